The normalized spacial score (nSPS) is 18.2. The Morgan fingerprint density at radius 2 is 1.89 bits per heavy atom. The highest BCUT2D eigenvalue weighted by Gasteiger charge is 2.45. The maximum Gasteiger partial charge on any atom is 0.335 e. The van der Waals surface area contributed by atoms with Gasteiger partial charge in [0.15, 0.2) is 0 Å². The van der Waals surface area contributed by atoms with E-state index in [1.165, 1.54) is 12.1 Å². The maximum atomic E-state index is 12.0. The van der Waals surface area contributed by atoms with E-state index in [0.717, 1.165) is 0 Å². The fraction of sp³-hybridized carbons (Fsp3) is 0.308. The SMILES string of the molecule is CC1(C)C(=O)CC(c2ccc(C(=O)O)cc2)=[N+]1[O-]. The summed E-state index contributed by atoms with van der Waals surface area (Å²) in [5.41, 5.74) is 0.0945. The Hall–Kier alpha value is -2.17. The first-order valence-electron chi connectivity index (χ1n) is 5.54. The van der Waals surface area contributed by atoms with Crippen molar-refractivity contribution in [3.8, 4) is 0 Å². The van der Waals surface area contributed by atoms with Crippen molar-refractivity contribution in [3.05, 3.63) is 40.6 Å². The quantitative estimate of drug-likeness (QED) is 0.633. The minimum absolute atomic E-state index is 0.0862. The van der Waals surface area contributed by atoms with E-state index in [1.807, 2.05) is 0 Å². The average Bonchev–Trinajstić information content (AvgIpc) is 2.53. The van der Waals surface area contributed by atoms with Gasteiger partial charge in [0.1, 0.15) is 0 Å². The highest BCUT2D eigenvalue weighted by atomic mass is 16.5. The molecule has 0 bridgehead atoms. The summed E-state index contributed by atoms with van der Waals surface area (Å²) in [6, 6.07) is 5.96. The van der Waals surface area contributed by atoms with Gasteiger partial charge in [0.2, 0.25) is 17.0 Å². The topological polar surface area (TPSA) is 80.4 Å². The Morgan fingerprint density at radius 1 is 1.33 bits per heavy atom. The summed E-state index contributed by atoms with van der Waals surface area (Å²) in [5, 5.41) is 20.8. The number of carboxylic acid groups (broad SMARTS) is 1. The maximum absolute atomic E-state index is 12.0. The minimum Gasteiger partial charge on any atom is -0.623 e. The van der Waals surface area contributed by atoms with Crippen molar-refractivity contribution in [1.82, 2.24) is 0 Å². The predicted octanol–water partition coefficient (Wildman–Crippen LogP) is 1.44. The van der Waals surface area contributed by atoms with E-state index < -0.39 is 11.5 Å². The van der Waals surface area contributed by atoms with Crippen LogP contribution in [0.3, 0.4) is 0 Å². The molecule has 94 valence electrons. The lowest BCUT2D eigenvalue weighted by Crippen LogP contribution is -2.36. The number of Topliss-reactive ketones (excluding diaryl/α,β-unsaturated/α-hetero) is 1. The molecular formula is C13H13NO4. The number of benzene rings is 1. The lowest BCUT2D eigenvalue weighted by atomic mass is 9.99. The fourth-order valence-corrected chi connectivity index (χ4v) is 1.92. The van der Waals surface area contributed by atoms with Gasteiger partial charge in [0, 0.05) is 19.4 Å². The second kappa shape index (κ2) is 3.94. The van der Waals surface area contributed by atoms with Gasteiger partial charge in [-0.2, -0.15) is 4.74 Å². The van der Waals surface area contributed by atoms with Gasteiger partial charge in [-0.1, -0.05) is 0 Å². The smallest absolute Gasteiger partial charge is 0.335 e. The summed E-state index contributed by atoms with van der Waals surface area (Å²) in [7, 11) is 0. The average molecular weight is 247 g/mol. The molecule has 0 aromatic heterocycles. The van der Waals surface area contributed by atoms with Crippen molar-refractivity contribution in [2.24, 2.45) is 0 Å². The minimum atomic E-state index is -1.04. The lowest BCUT2D eigenvalue weighted by Gasteiger charge is -2.16. The monoisotopic (exact) mass is 247 g/mol. The first-order chi connectivity index (χ1) is 8.34. The van der Waals surface area contributed by atoms with Crippen molar-refractivity contribution in [2.75, 3.05) is 0 Å². The Morgan fingerprint density at radius 3 is 2.28 bits per heavy atom. The zero-order chi connectivity index (χ0) is 13.5. The molecule has 1 aliphatic rings. The number of carbonyl (C=O) groups excluding carboxylic acids is 1. The highest BCUT2D eigenvalue weighted by Crippen LogP contribution is 2.23. The van der Waals surface area contributed by atoms with Crippen LogP contribution in [-0.4, -0.2) is 32.8 Å². The molecule has 1 aliphatic heterocycles. The predicted molar refractivity (Wildman–Crippen MR) is 64.8 cm³/mol. The van der Waals surface area contributed by atoms with Gasteiger partial charge in [-0.15, -0.1) is 0 Å². The first kappa shape index (κ1) is 12.3. The van der Waals surface area contributed by atoms with Crippen LogP contribution in [0.1, 0.15) is 36.2 Å². The number of rotatable bonds is 2. The molecule has 0 aliphatic carbocycles. The van der Waals surface area contributed by atoms with Crippen molar-refractivity contribution in [1.29, 1.82) is 0 Å². The zero-order valence-electron chi connectivity index (χ0n) is 10.1. The molecule has 2 rings (SSSR count). The molecule has 0 fully saturated rings. The molecule has 5 heteroatoms. The lowest BCUT2D eigenvalue weighted by molar-refractivity contribution is -0.515. The third kappa shape index (κ3) is 1.77. The van der Waals surface area contributed by atoms with E-state index in [2.05, 4.69) is 0 Å². The van der Waals surface area contributed by atoms with Crippen LogP contribution in [0.5, 0.6) is 0 Å². The van der Waals surface area contributed by atoms with Crippen LogP contribution < -0.4 is 0 Å². The number of hydroxylamine groups is 1. The van der Waals surface area contributed by atoms with Crippen molar-refractivity contribution in [2.45, 2.75) is 25.8 Å². The van der Waals surface area contributed by atoms with Gasteiger partial charge >= 0.3 is 5.97 Å². The van der Waals surface area contributed by atoms with E-state index >= 15 is 0 Å². The van der Waals surface area contributed by atoms with Crippen molar-refractivity contribution < 1.29 is 19.4 Å². The van der Waals surface area contributed by atoms with Gasteiger partial charge in [-0.3, -0.25) is 4.79 Å². The summed E-state index contributed by atoms with van der Waals surface area (Å²) in [4.78, 5) is 22.4. The molecule has 0 saturated carbocycles. The summed E-state index contributed by atoms with van der Waals surface area (Å²) in [5.74, 6) is -1.15. The van der Waals surface area contributed by atoms with Gasteiger partial charge in [0.05, 0.1) is 12.0 Å². The molecule has 18 heavy (non-hydrogen) atoms. The van der Waals surface area contributed by atoms with Gasteiger partial charge in [-0.05, 0) is 24.3 Å². The number of hydrogen-bond acceptors (Lipinski definition) is 3. The Labute approximate surface area is 104 Å². The van der Waals surface area contributed by atoms with Gasteiger partial charge in [0.25, 0.3) is 0 Å². The molecule has 0 atom stereocenters. The van der Waals surface area contributed by atoms with Crippen LogP contribution in [0.25, 0.3) is 0 Å². The molecule has 5 nitrogen and oxygen atoms in total. The van der Waals surface area contributed by atoms with E-state index in [9.17, 15) is 14.8 Å². The number of ketones is 1. The summed E-state index contributed by atoms with van der Waals surface area (Å²) in [6.07, 6.45) is 0.0862. The van der Waals surface area contributed by atoms with Crippen molar-refractivity contribution >= 4 is 17.5 Å². The zero-order valence-corrected chi connectivity index (χ0v) is 10.1. The first-order valence-corrected chi connectivity index (χ1v) is 5.54. The molecule has 1 heterocycles. The molecule has 0 unspecified atom stereocenters. The fourth-order valence-electron chi connectivity index (χ4n) is 1.92. The van der Waals surface area contributed by atoms with Crippen LogP contribution in [0.2, 0.25) is 0 Å². The molecule has 0 spiro atoms. The number of carboxylic acids is 1. The van der Waals surface area contributed by atoms with E-state index in [1.54, 1.807) is 26.0 Å². The third-order valence-electron chi connectivity index (χ3n) is 3.23. The Kier molecular flexibility index (Phi) is 2.69. The van der Waals surface area contributed by atoms with Crippen LogP contribution in [0, 0.1) is 5.21 Å². The van der Waals surface area contributed by atoms with Crippen LogP contribution in [0.4, 0.5) is 0 Å². The molecule has 1 aromatic rings. The number of aromatic carboxylic acids is 1. The summed E-state index contributed by atoms with van der Waals surface area (Å²) in [6.45, 7) is 3.17. The Balaban J connectivity index is 2.42. The number of nitrogens with zero attached hydrogens (tertiary/aromatic N) is 1. The third-order valence-corrected chi connectivity index (χ3v) is 3.23. The van der Waals surface area contributed by atoms with Crippen LogP contribution in [-0.2, 0) is 4.79 Å². The van der Waals surface area contributed by atoms with Gasteiger partial charge < -0.3 is 10.3 Å². The second-order valence-corrected chi connectivity index (χ2v) is 4.78. The largest absolute Gasteiger partial charge is 0.623 e. The van der Waals surface area contributed by atoms with Gasteiger partial charge in [-0.25, -0.2) is 4.79 Å². The molecular weight excluding hydrogens is 234 g/mol. The molecule has 1 N–H and O–H groups in total. The molecule has 0 saturated heterocycles. The number of hydrogen-bond donors (Lipinski definition) is 1. The van der Waals surface area contributed by atoms with Crippen LogP contribution >= 0.6 is 0 Å². The van der Waals surface area contributed by atoms with E-state index in [0.29, 0.717) is 16.0 Å². The molecule has 1 aromatic carbocycles. The molecule has 0 amide bonds. The van der Waals surface area contributed by atoms with Crippen LogP contribution in [0.15, 0.2) is 24.3 Å². The molecule has 0 radical (unpaired) electrons. The van der Waals surface area contributed by atoms with Crippen molar-refractivity contribution in [3.63, 3.8) is 0 Å². The van der Waals surface area contributed by atoms with E-state index in [-0.39, 0.29) is 17.8 Å². The summed E-state index contributed by atoms with van der Waals surface area (Å²) < 4.78 is 0.713. The van der Waals surface area contributed by atoms with E-state index in [4.69, 9.17) is 5.11 Å². The Bertz CT molecular complexity index is 555. The second-order valence-electron chi connectivity index (χ2n) is 4.78. The highest BCUT2D eigenvalue weighted by molar-refractivity contribution is 6.14. The number of carbonyl (C=O) groups is 2. The summed E-state index contributed by atoms with van der Waals surface area (Å²) >= 11 is 0. The standard InChI is InChI=1S/C13H13NO4/c1-13(2)11(15)7-10(14(13)18)8-3-5-9(6-4-8)12(16)17/h3-6H,7H2,1-2H3,(H,16,17).